The molecule has 0 saturated heterocycles. The Balaban J connectivity index is 1.75. The van der Waals surface area contributed by atoms with E-state index in [1.807, 2.05) is 4.90 Å². The minimum atomic E-state index is -0.907. The summed E-state index contributed by atoms with van der Waals surface area (Å²) in [7, 11) is 0. The van der Waals surface area contributed by atoms with E-state index in [-0.39, 0.29) is 24.8 Å². The predicted octanol–water partition coefficient (Wildman–Crippen LogP) is 1.78. The zero-order valence-corrected chi connectivity index (χ0v) is 12.6. The molecule has 1 aliphatic heterocycles. The van der Waals surface area contributed by atoms with Gasteiger partial charge in [-0.1, -0.05) is 0 Å². The summed E-state index contributed by atoms with van der Waals surface area (Å²) in [4.78, 5) is 26.5. The molecule has 2 aliphatic rings. The molecule has 1 aromatic rings. The quantitative estimate of drug-likeness (QED) is 0.868. The van der Waals surface area contributed by atoms with Gasteiger partial charge in [-0.15, -0.1) is 11.3 Å². The molecule has 2 atom stereocenters. The number of amides is 1. The number of carboxylic acids is 1. The van der Waals surface area contributed by atoms with Gasteiger partial charge in [-0.05, 0) is 48.6 Å². The molecule has 1 aromatic heterocycles. The van der Waals surface area contributed by atoms with Crippen molar-refractivity contribution in [2.45, 2.75) is 44.2 Å². The van der Waals surface area contributed by atoms with Gasteiger partial charge in [0, 0.05) is 17.8 Å². The molecule has 3 rings (SSSR count). The molecule has 2 heterocycles. The fraction of sp³-hybridized carbons (Fsp3) is 0.600. The molecule has 1 saturated carbocycles. The number of carbonyl (C=O) groups excluding carboxylic acids is 1. The maximum atomic E-state index is 12.6. The number of hydrogen-bond donors (Lipinski definition) is 2. The number of aliphatic carboxylic acids is 1. The van der Waals surface area contributed by atoms with Crippen LogP contribution in [0.15, 0.2) is 11.4 Å². The van der Waals surface area contributed by atoms with E-state index in [4.69, 9.17) is 10.8 Å². The van der Waals surface area contributed by atoms with Crippen LogP contribution in [0, 0.1) is 5.92 Å². The monoisotopic (exact) mass is 308 g/mol. The second-order valence-corrected chi connectivity index (χ2v) is 6.90. The predicted molar refractivity (Wildman–Crippen MR) is 80.0 cm³/mol. The fourth-order valence-electron chi connectivity index (χ4n) is 3.13. The zero-order chi connectivity index (χ0) is 15.0. The first-order valence-corrected chi connectivity index (χ1v) is 8.30. The van der Waals surface area contributed by atoms with Crippen LogP contribution in [0.3, 0.4) is 0 Å². The molecular formula is C15H20N2O3S. The van der Waals surface area contributed by atoms with E-state index in [9.17, 15) is 9.59 Å². The molecule has 0 spiro atoms. The topological polar surface area (TPSA) is 83.6 Å². The highest BCUT2D eigenvalue weighted by atomic mass is 32.1. The Morgan fingerprint density at radius 3 is 2.90 bits per heavy atom. The van der Waals surface area contributed by atoms with Crippen LogP contribution in [-0.4, -0.2) is 34.5 Å². The Labute approximate surface area is 127 Å². The smallest absolute Gasteiger partial charge is 0.303 e. The number of rotatable bonds is 5. The summed E-state index contributed by atoms with van der Waals surface area (Å²) in [5, 5.41) is 10.8. The molecule has 1 aliphatic carbocycles. The third-order valence-electron chi connectivity index (χ3n) is 4.35. The van der Waals surface area contributed by atoms with E-state index in [0.29, 0.717) is 12.5 Å². The number of hydrogen-bond acceptors (Lipinski definition) is 4. The molecule has 0 bridgehead atoms. The van der Waals surface area contributed by atoms with Crippen molar-refractivity contribution in [3.8, 4) is 0 Å². The van der Waals surface area contributed by atoms with E-state index < -0.39 is 12.0 Å². The first kappa shape index (κ1) is 14.5. The Morgan fingerprint density at radius 1 is 1.48 bits per heavy atom. The Kier molecular flexibility index (Phi) is 3.99. The maximum absolute atomic E-state index is 12.6. The van der Waals surface area contributed by atoms with Crippen LogP contribution in [-0.2, 0) is 16.0 Å². The van der Waals surface area contributed by atoms with Gasteiger partial charge in [0.1, 0.15) is 0 Å². The van der Waals surface area contributed by atoms with Gasteiger partial charge in [-0.2, -0.15) is 0 Å². The van der Waals surface area contributed by atoms with Crippen LogP contribution in [0.25, 0.3) is 0 Å². The average Bonchev–Trinajstić information content (AvgIpc) is 3.19. The summed E-state index contributed by atoms with van der Waals surface area (Å²) in [5.74, 6) is -0.449. The lowest BCUT2D eigenvalue weighted by Crippen LogP contribution is -2.48. The van der Waals surface area contributed by atoms with Crippen LogP contribution < -0.4 is 5.73 Å². The highest BCUT2D eigenvalue weighted by Gasteiger charge is 2.42. The number of nitrogens with two attached hydrogens (primary N) is 1. The van der Waals surface area contributed by atoms with Gasteiger partial charge in [0.15, 0.2) is 0 Å². The van der Waals surface area contributed by atoms with Gasteiger partial charge in [0.25, 0.3) is 0 Å². The summed E-state index contributed by atoms with van der Waals surface area (Å²) in [5.41, 5.74) is 7.21. The maximum Gasteiger partial charge on any atom is 0.303 e. The Morgan fingerprint density at radius 2 is 2.24 bits per heavy atom. The molecule has 3 N–H and O–H groups in total. The van der Waals surface area contributed by atoms with Crippen molar-refractivity contribution in [2.75, 3.05) is 6.54 Å². The van der Waals surface area contributed by atoms with Gasteiger partial charge in [-0.3, -0.25) is 9.59 Å². The molecule has 1 amide bonds. The molecule has 6 heteroatoms. The first-order chi connectivity index (χ1) is 10.1. The van der Waals surface area contributed by atoms with Crippen LogP contribution in [0.1, 0.15) is 42.2 Å². The highest BCUT2D eigenvalue weighted by Crippen LogP contribution is 2.48. The number of nitrogens with zero attached hydrogens (tertiary/aromatic N) is 1. The lowest BCUT2D eigenvalue weighted by Gasteiger charge is -2.37. The second kappa shape index (κ2) is 5.77. The lowest BCUT2D eigenvalue weighted by molar-refractivity contribution is -0.138. The molecule has 0 aromatic carbocycles. The highest BCUT2D eigenvalue weighted by molar-refractivity contribution is 7.10. The van der Waals surface area contributed by atoms with E-state index in [1.54, 1.807) is 11.3 Å². The van der Waals surface area contributed by atoms with E-state index >= 15 is 0 Å². The first-order valence-electron chi connectivity index (χ1n) is 7.42. The van der Waals surface area contributed by atoms with E-state index in [2.05, 4.69) is 11.4 Å². The van der Waals surface area contributed by atoms with Crippen molar-refractivity contribution in [3.05, 3.63) is 21.9 Å². The van der Waals surface area contributed by atoms with Crippen molar-refractivity contribution < 1.29 is 14.7 Å². The molecule has 5 nitrogen and oxygen atoms in total. The van der Waals surface area contributed by atoms with Crippen LogP contribution >= 0.6 is 11.3 Å². The van der Waals surface area contributed by atoms with Gasteiger partial charge in [0.2, 0.25) is 5.91 Å². The van der Waals surface area contributed by atoms with Crippen molar-refractivity contribution in [3.63, 3.8) is 0 Å². The standard InChI is InChI=1S/C15H20N2O3S/c16-11(3-4-13(18)19)15(20)17-7-5-12-10(6-8-21-12)14(17)9-1-2-9/h6,8-9,11,14H,1-5,7,16H2,(H,18,19). The number of carboxylic acid groups (broad SMARTS) is 1. The third kappa shape index (κ3) is 2.96. The number of fused-ring (bicyclic) bond motifs is 1. The average molecular weight is 308 g/mol. The van der Waals surface area contributed by atoms with Gasteiger partial charge in [0.05, 0.1) is 12.1 Å². The van der Waals surface area contributed by atoms with E-state index in [1.165, 1.54) is 10.4 Å². The molecule has 2 unspecified atom stereocenters. The van der Waals surface area contributed by atoms with Crippen molar-refractivity contribution in [2.24, 2.45) is 11.7 Å². The lowest BCUT2D eigenvalue weighted by atomic mass is 9.94. The summed E-state index contributed by atoms with van der Waals surface area (Å²) >= 11 is 1.76. The SMILES string of the molecule is NC(CCC(=O)O)C(=O)N1CCc2sccc2C1C1CC1. The van der Waals surface area contributed by atoms with Crippen molar-refractivity contribution in [1.29, 1.82) is 0 Å². The molecule has 21 heavy (non-hydrogen) atoms. The third-order valence-corrected chi connectivity index (χ3v) is 5.35. The van der Waals surface area contributed by atoms with Crippen molar-refractivity contribution in [1.82, 2.24) is 4.90 Å². The molecule has 0 radical (unpaired) electrons. The normalized spacial score (nSPS) is 22.7. The molecular weight excluding hydrogens is 288 g/mol. The van der Waals surface area contributed by atoms with Gasteiger partial charge < -0.3 is 15.7 Å². The fourth-order valence-corrected chi connectivity index (χ4v) is 4.04. The summed E-state index contributed by atoms with van der Waals surface area (Å²) < 4.78 is 0. The van der Waals surface area contributed by atoms with Gasteiger partial charge in [-0.25, -0.2) is 0 Å². The van der Waals surface area contributed by atoms with Crippen LogP contribution in [0.5, 0.6) is 0 Å². The van der Waals surface area contributed by atoms with E-state index in [0.717, 1.165) is 19.3 Å². The Hall–Kier alpha value is -1.40. The summed E-state index contributed by atoms with van der Waals surface area (Å²) in [6.45, 7) is 0.703. The van der Waals surface area contributed by atoms with Crippen molar-refractivity contribution >= 4 is 23.2 Å². The number of carbonyl (C=O) groups is 2. The minimum Gasteiger partial charge on any atom is -0.481 e. The molecule has 114 valence electrons. The summed E-state index contributed by atoms with van der Waals surface area (Å²) in [6.07, 6.45) is 3.35. The van der Waals surface area contributed by atoms with Gasteiger partial charge >= 0.3 is 5.97 Å². The zero-order valence-electron chi connectivity index (χ0n) is 11.8. The number of thiophene rings is 1. The molecule has 1 fully saturated rings. The van der Waals surface area contributed by atoms with Crippen LogP contribution in [0.2, 0.25) is 0 Å². The minimum absolute atomic E-state index is 0.0570. The largest absolute Gasteiger partial charge is 0.481 e. The van der Waals surface area contributed by atoms with Crippen LogP contribution in [0.4, 0.5) is 0 Å². The summed E-state index contributed by atoms with van der Waals surface area (Å²) in [6, 6.07) is 1.58. The second-order valence-electron chi connectivity index (χ2n) is 5.90. The Bertz CT molecular complexity index is 553.